The van der Waals surface area contributed by atoms with Crippen molar-refractivity contribution < 1.29 is 14.4 Å². The summed E-state index contributed by atoms with van der Waals surface area (Å²) >= 11 is 0. The van der Waals surface area contributed by atoms with Crippen molar-refractivity contribution >= 4 is 28.7 Å². The van der Waals surface area contributed by atoms with Crippen LogP contribution < -0.4 is 16.0 Å². The van der Waals surface area contributed by atoms with Crippen LogP contribution in [0.5, 0.6) is 0 Å². The second kappa shape index (κ2) is 5.87. The standard InChI is InChI=1S/C17H19N5O3/c23-14(10-22-9-11-4-1-2-6-13(11)21-22)18-8-12-5-3-7-17(12)15(24)19-16(25)20-17/h1-2,4,6,9,12H,3,5,7-8,10H2,(H,18,23)(H2,19,20,24,25). The number of imide groups is 1. The fourth-order valence-electron chi connectivity index (χ4n) is 3.86. The molecule has 8 heteroatoms. The normalized spacial score (nSPS) is 25.4. The summed E-state index contributed by atoms with van der Waals surface area (Å²) in [6, 6.07) is 7.22. The van der Waals surface area contributed by atoms with E-state index < -0.39 is 11.6 Å². The van der Waals surface area contributed by atoms with Gasteiger partial charge in [-0.05, 0) is 18.9 Å². The lowest BCUT2D eigenvalue weighted by atomic mass is 9.87. The van der Waals surface area contributed by atoms with Gasteiger partial charge in [0.1, 0.15) is 12.1 Å². The molecule has 4 rings (SSSR count). The van der Waals surface area contributed by atoms with E-state index >= 15 is 0 Å². The maximum atomic E-state index is 12.2. The van der Waals surface area contributed by atoms with Gasteiger partial charge in [0.2, 0.25) is 5.91 Å². The zero-order valence-corrected chi connectivity index (χ0v) is 13.6. The van der Waals surface area contributed by atoms with Gasteiger partial charge in [-0.1, -0.05) is 24.6 Å². The molecule has 130 valence electrons. The molecule has 2 unspecified atom stereocenters. The quantitative estimate of drug-likeness (QED) is 0.706. The van der Waals surface area contributed by atoms with Gasteiger partial charge >= 0.3 is 6.03 Å². The number of rotatable bonds is 4. The molecule has 2 atom stereocenters. The molecule has 1 saturated heterocycles. The van der Waals surface area contributed by atoms with Crippen molar-refractivity contribution in [3.8, 4) is 0 Å². The Morgan fingerprint density at radius 1 is 1.36 bits per heavy atom. The summed E-state index contributed by atoms with van der Waals surface area (Å²) in [6.07, 6.45) is 4.07. The predicted molar refractivity (Wildman–Crippen MR) is 89.5 cm³/mol. The van der Waals surface area contributed by atoms with E-state index in [0.717, 1.165) is 23.7 Å². The van der Waals surface area contributed by atoms with Crippen LogP contribution in [0.4, 0.5) is 4.79 Å². The molecular weight excluding hydrogens is 322 g/mol. The number of hydrogen-bond acceptors (Lipinski definition) is 4. The number of urea groups is 1. The first kappa shape index (κ1) is 15.6. The van der Waals surface area contributed by atoms with E-state index in [4.69, 9.17) is 0 Å². The molecule has 25 heavy (non-hydrogen) atoms. The number of aromatic nitrogens is 2. The zero-order valence-electron chi connectivity index (χ0n) is 13.6. The molecule has 1 aliphatic heterocycles. The molecule has 0 radical (unpaired) electrons. The minimum Gasteiger partial charge on any atom is -0.354 e. The van der Waals surface area contributed by atoms with Crippen LogP contribution in [-0.2, 0) is 16.1 Å². The molecule has 2 heterocycles. The van der Waals surface area contributed by atoms with E-state index in [1.807, 2.05) is 30.5 Å². The van der Waals surface area contributed by atoms with Gasteiger partial charge in [-0.15, -0.1) is 0 Å². The summed E-state index contributed by atoms with van der Waals surface area (Å²) in [5, 5.41) is 13.3. The molecular formula is C17H19N5O3. The number of benzene rings is 1. The van der Waals surface area contributed by atoms with Gasteiger partial charge in [-0.3, -0.25) is 19.6 Å². The summed E-state index contributed by atoms with van der Waals surface area (Å²) < 4.78 is 1.61. The number of nitrogens with one attached hydrogen (secondary N) is 3. The van der Waals surface area contributed by atoms with Gasteiger partial charge in [-0.2, -0.15) is 5.10 Å². The molecule has 1 spiro atoms. The van der Waals surface area contributed by atoms with Crippen molar-refractivity contribution in [2.24, 2.45) is 5.92 Å². The van der Waals surface area contributed by atoms with Crippen LogP contribution in [0.25, 0.3) is 10.9 Å². The number of carbonyl (C=O) groups excluding carboxylic acids is 3. The third-order valence-electron chi connectivity index (χ3n) is 5.10. The highest BCUT2D eigenvalue weighted by molar-refractivity contribution is 6.07. The lowest BCUT2D eigenvalue weighted by Gasteiger charge is -2.28. The predicted octanol–water partition coefficient (Wildman–Crippen LogP) is 0.531. The Hall–Kier alpha value is -2.90. The van der Waals surface area contributed by atoms with Gasteiger partial charge in [0.25, 0.3) is 5.91 Å². The fourth-order valence-corrected chi connectivity index (χ4v) is 3.86. The van der Waals surface area contributed by atoms with E-state index in [1.54, 1.807) is 4.68 Å². The molecule has 3 N–H and O–H groups in total. The summed E-state index contributed by atoms with van der Waals surface area (Å²) in [5.74, 6) is -0.549. The Morgan fingerprint density at radius 2 is 2.20 bits per heavy atom. The molecule has 1 aromatic carbocycles. The molecule has 2 aromatic rings. The lowest BCUT2D eigenvalue weighted by molar-refractivity contribution is -0.126. The first-order valence-electron chi connectivity index (χ1n) is 8.39. The van der Waals surface area contributed by atoms with Crippen LogP contribution in [0.15, 0.2) is 30.5 Å². The average Bonchev–Trinajstić information content (AvgIpc) is 3.23. The second-order valence-corrected chi connectivity index (χ2v) is 6.66. The number of amides is 4. The third-order valence-corrected chi connectivity index (χ3v) is 5.10. The van der Waals surface area contributed by atoms with Crippen molar-refractivity contribution in [3.63, 3.8) is 0 Å². The summed E-state index contributed by atoms with van der Waals surface area (Å²) in [7, 11) is 0. The van der Waals surface area contributed by atoms with E-state index in [0.29, 0.717) is 13.0 Å². The number of hydrogen-bond donors (Lipinski definition) is 3. The molecule has 1 aliphatic carbocycles. The number of nitrogens with zero attached hydrogens (tertiary/aromatic N) is 2. The third kappa shape index (κ3) is 2.73. The Balaban J connectivity index is 1.38. The van der Waals surface area contributed by atoms with Crippen molar-refractivity contribution in [3.05, 3.63) is 30.5 Å². The molecule has 0 bridgehead atoms. The summed E-state index contributed by atoms with van der Waals surface area (Å²) in [4.78, 5) is 35.9. The first-order chi connectivity index (χ1) is 12.1. The van der Waals surface area contributed by atoms with Crippen LogP contribution in [-0.4, -0.2) is 39.7 Å². The van der Waals surface area contributed by atoms with E-state index in [9.17, 15) is 14.4 Å². The Bertz CT molecular complexity index is 828. The van der Waals surface area contributed by atoms with E-state index in [1.165, 1.54) is 0 Å². The van der Waals surface area contributed by atoms with E-state index in [2.05, 4.69) is 21.0 Å². The Labute approximate surface area is 143 Å². The molecule has 8 nitrogen and oxygen atoms in total. The highest BCUT2D eigenvalue weighted by Crippen LogP contribution is 2.37. The SMILES string of the molecule is O=C(Cn1cc2ccccc2n1)NCC1CCCC12NC(=O)NC2=O. The van der Waals surface area contributed by atoms with Crippen LogP contribution in [0, 0.1) is 5.92 Å². The Morgan fingerprint density at radius 3 is 2.96 bits per heavy atom. The maximum absolute atomic E-state index is 12.2. The monoisotopic (exact) mass is 341 g/mol. The molecule has 1 saturated carbocycles. The van der Waals surface area contributed by atoms with Gasteiger partial charge in [-0.25, -0.2) is 4.79 Å². The Kier molecular flexibility index (Phi) is 3.67. The highest BCUT2D eigenvalue weighted by Gasteiger charge is 2.54. The van der Waals surface area contributed by atoms with Crippen LogP contribution in [0.3, 0.4) is 0 Å². The topological polar surface area (TPSA) is 105 Å². The molecule has 1 aromatic heterocycles. The molecule has 2 aliphatic rings. The molecule has 4 amide bonds. The lowest BCUT2D eigenvalue weighted by Crippen LogP contribution is -2.53. The van der Waals surface area contributed by atoms with Crippen LogP contribution in [0.2, 0.25) is 0 Å². The highest BCUT2D eigenvalue weighted by atomic mass is 16.2. The number of fused-ring (bicyclic) bond motifs is 1. The van der Waals surface area contributed by atoms with Crippen molar-refractivity contribution in [1.82, 2.24) is 25.7 Å². The van der Waals surface area contributed by atoms with Crippen molar-refractivity contribution in [1.29, 1.82) is 0 Å². The first-order valence-corrected chi connectivity index (χ1v) is 8.39. The van der Waals surface area contributed by atoms with Crippen LogP contribution in [0.1, 0.15) is 19.3 Å². The number of carbonyl (C=O) groups is 3. The minimum absolute atomic E-state index is 0.0976. The van der Waals surface area contributed by atoms with Gasteiger partial charge in [0.15, 0.2) is 0 Å². The van der Waals surface area contributed by atoms with Gasteiger partial charge in [0.05, 0.1) is 5.52 Å². The van der Waals surface area contributed by atoms with E-state index in [-0.39, 0.29) is 24.3 Å². The largest absolute Gasteiger partial charge is 0.354 e. The summed E-state index contributed by atoms with van der Waals surface area (Å²) in [6.45, 7) is 0.472. The van der Waals surface area contributed by atoms with Gasteiger partial charge in [0, 0.05) is 24.0 Å². The van der Waals surface area contributed by atoms with Gasteiger partial charge < -0.3 is 10.6 Å². The summed E-state index contributed by atoms with van der Waals surface area (Å²) in [5.41, 5.74) is -0.0273. The van der Waals surface area contributed by atoms with Crippen molar-refractivity contribution in [2.75, 3.05) is 6.54 Å². The van der Waals surface area contributed by atoms with Crippen LogP contribution >= 0.6 is 0 Å². The maximum Gasteiger partial charge on any atom is 0.322 e. The smallest absolute Gasteiger partial charge is 0.322 e. The minimum atomic E-state index is -0.870. The molecule has 2 fully saturated rings. The average molecular weight is 341 g/mol. The zero-order chi connectivity index (χ0) is 17.4. The fraction of sp³-hybridized carbons (Fsp3) is 0.412. The second-order valence-electron chi connectivity index (χ2n) is 6.66. The van der Waals surface area contributed by atoms with Crippen molar-refractivity contribution in [2.45, 2.75) is 31.3 Å².